The lowest BCUT2D eigenvalue weighted by Gasteiger charge is -2.01. The van der Waals surface area contributed by atoms with E-state index in [2.05, 4.69) is 20.5 Å². The van der Waals surface area contributed by atoms with Gasteiger partial charge in [-0.15, -0.1) is 0 Å². The van der Waals surface area contributed by atoms with E-state index in [-0.39, 0.29) is 5.91 Å². The third-order valence-corrected chi connectivity index (χ3v) is 5.01. The Morgan fingerprint density at radius 2 is 1.72 bits per heavy atom. The van der Waals surface area contributed by atoms with E-state index in [4.69, 9.17) is 34.8 Å². The van der Waals surface area contributed by atoms with Crippen LogP contribution in [-0.2, 0) is 0 Å². The highest BCUT2D eigenvalue weighted by molar-refractivity contribution is 6.36. The van der Waals surface area contributed by atoms with Gasteiger partial charge in [0.2, 0.25) is 0 Å². The van der Waals surface area contributed by atoms with Gasteiger partial charge in [0.1, 0.15) is 5.82 Å². The van der Waals surface area contributed by atoms with Crippen molar-refractivity contribution in [3.05, 3.63) is 86.9 Å². The van der Waals surface area contributed by atoms with Gasteiger partial charge in [0.05, 0.1) is 22.3 Å². The predicted octanol–water partition coefficient (Wildman–Crippen LogP) is 5.95. The second kappa shape index (κ2) is 8.25. The van der Waals surface area contributed by atoms with Gasteiger partial charge in [0.15, 0.2) is 0 Å². The van der Waals surface area contributed by atoms with E-state index >= 15 is 0 Å². The molecule has 144 valence electrons. The summed E-state index contributed by atoms with van der Waals surface area (Å²) in [6.45, 7) is 0. The van der Waals surface area contributed by atoms with Crippen molar-refractivity contribution in [3.63, 3.8) is 0 Å². The lowest BCUT2D eigenvalue weighted by molar-refractivity contribution is 0.0955. The number of carbonyl (C=O) groups is 1. The largest absolute Gasteiger partial charge is 0.338 e. The topological polar surface area (TPSA) is 70.1 Å². The van der Waals surface area contributed by atoms with Crippen LogP contribution in [0.25, 0.3) is 22.4 Å². The molecule has 8 heteroatoms. The summed E-state index contributed by atoms with van der Waals surface area (Å²) in [6.07, 6.45) is 1.46. The molecule has 3 aromatic carbocycles. The zero-order valence-electron chi connectivity index (χ0n) is 14.8. The molecule has 0 unspecified atom stereocenters. The number of amides is 1. The summed E-state index contributed by atoms with van der Waals surface area (Å²) in [5.74, 6) is 0.348. The number of carbonyl (C=O) groups excluding carboxylic acids is 1. The number of halogens is 3. The number of aromatic amines is 1. The van der Waals surface area contributed by atoms with Crippen LogP contribution in [0.4, 0.5) is 0 Å². The molecule has 5 nitrogen and oxygen atoms in total. The first-order chi connectivity index (χ1) is 14.0. The molecule has 0 bridgehead atoms. The van der Waals surface area contributed by atoms with Crippen molar-refractivity contribution in [2.24, 2.45) is 5.10 Å². The minimum absolute atomic E-state index is 0.351. The zero-order chi connectivity index (χ0) is 20.4. The average molecular weight is 444 g/mol. The molecule has 4 rings (SSSR count). The molecule has 0 aliphatic carbocycles. The highest BCUT2D eigenvalue weighted by Crippen LogP contribution is 2.23. The maximum atomic E-state index is 12.4. The minimum Gasteiger partial charge on any atom is -0.338 e. The predicted molar refractivity (Wildman–Crippen MR) is 118 cm³/mol. The Morgan fingerprint density at radius 3 is 2.48 bits per heavy atom. The average Bonchev–Trinajstić information content (AvgIpc) is 3.13. The summed E-state index contributed by atoms with van der Waals surface area (Å²) >= 11 is 17.9. The number of hydrogen-bond acceptors (Lipinski definition) is 3. The Bertz CT molecular complexity index is 1230. The molecular formula is C21H13Cl3N4O. The van der Waals surface area contributed by atoms with Gasteiger partial charge in [0.25, 0.3) is 5.91 Å². The van der Waals surface area contributed by atoms with Gasteiger partial charge in [-0.05, 0) is 54.6 Å². The maximum Gasteiger partial charge on any atom is 0.271 e. The Kier molecular flexibility index (Phi) is 5.53. The van der Waals surface area contributed by atoms with Crippen LogP contribution >= 0.6 is 34.8 Å². The van der Waals surface area contributed by atoms with Crippen LogP contribution in [0, 0.1) is 0 Å². The molecule has 0 aliphatic heterocycles. The van der Waals surface area contributed by atoms with E-state index in [9.17, 15) is 4.79 Å². The van der Waals surface area contributed by atoms with Gasteiger partial charge in [0, 0.05) is 26.7 Å². The highest BCUT2D eigenvalue weighted by atomic mass is 35.5. The van der Waals surface area contributed by atoms with Crippen molar-refractivity contribution in [2.45, 2.75) is 0 Å². The quantitative estimate of drug-likeness (QED) is 0.302. The third kappa shape index (κ3) is 4.43. The smallest absolute Gasteiger partial charge is 0.271 e. The van der Waals surface area contributed by atoms with E-state index < -0.39 is 0 Å². The summed E-state index contributed by atoms with van der Waals surface area (Å²) in [7, 11) is 0. The SMILES string of the molecule is O=C(N/N=C/c1ccc(Cl)cc1Cl)c1ccc2nc(-c3ccc(Cl)cc3)[nH]c2c1. The molecule has 0 aliphatic rings. The fraction of sp³-hybridized carbons (Fsp3) is 0. The summed E-state index contributed by atoms with van der Waals surface area (Å²) < 4.78 is 0. The number of H-pyrrole nitrogens is 1. The first-order valence-electron chi connectivity index (χ1n) is 8.54. The summed E-state index contributed by atoms with van der Waals surface area (Å²) in [5, 5.41) is 5.59. The van der Waals surface area contributed by atoms with Crippen molar-refractivity contribution in [1.82, 2.24) is 15.4 Å². The summed E-state index contributed by atoms with van der Waals surface area (Å²) in [5.41, 5.74) is 5.98. The standard InChI is InChI=1S/C21H13Cl3N4O/c22-15-5-1-12(2-6-15)20-26-18-8-4-13(9-19(18)27-20)21(29)28-25-11-14-3-7-16(23)10-17(14)24/h1-11H,(H,26,27)(H,28,29)/b25-11+. The van der Waals surface area contributed by atoms with Crippen molar-refractivity contribution in [3.8, 4) is 11.4 Å². The van der Waals surface area contributed by atoms with Crippen LogP contribution in [0.3, 0.4) is 0 Å². The van der Waals surface area contributed by atoms with Crippen LogP contribution in [0.5, 0.6) is 0 Å². The molecule has 0 atom stereocenters. The van der Waals surface area contributed by atoms with Crippen molar-refractivity contribution >= 4 is 58.0 Å². The van der Waals surface area contributed by atoms with Crippen molar-refractivity contribution in [1.29, 1.82) is 0 Å². The molecule has 0 radical (unpaired) electrons. The molecule has 0 spiro atoms. The lowest BCUT2D eigenvalue weighted by Crippen LogP contribution is -2.17. The molecule has 29 heavy (non-hydrogen) atoms. The maximum absolute atomic E-state index is 12.4. The van der Waals surface area contributed by atoms with Crippen LogP contribution in [-0.4, -0.2) is 22.1 Å². The Hall–Kier alpha value is -2.86. The molecule has 0 fully saturated rings. The second-order valence-electron chi connectivity index (χ2n) is 6.19. The van der Waals surface area contributed by atoms with E-state index in [1.165, 1.54) is 6.21 Å². The monoisotopic (exact) mass is 442 g/mol. The number of nitrogens with zero attached hydrogens (tertiary/aromatic N) is 2. The van der Waals surface area contributed by atoms with Crippen molar-refractivity contribution in [2.75, 3.05) is 0 Å². The van der Waals surface area contributed by atoms with Gasteiger partial charge in [-0.25, -0.2) is 10.4 Å². The highest BCUT2D eigenvalue weighted by Gasteiger charge is 2.10. The van der Waals surface area contributed by atoms with Gasteiger partial charge >= 0.3 is 0 Å². The van der Waals surface area contributed by atoms with Crippen LogP contribution in [0.2, 0.25) is 15.1 Å². The number of fused-ring (bicyclic) bond motifs is 1. The molecule has 0 saturated heterocycles. The summed E-state index contributed by atoms with van der Waals surface area (Å²) in [4.78, 5) is 20.2. The first kappa shape index (κ1) is 19.5. The van der Waals surface area contributed by atoms with E-state index in [1.54, 1.807) is 48.5 Å². The number of hydrazone groups is 1. The second-order valence-corrected chi connectivity index (χ2v) is 7.47. The minimum atomic E-state index is -0.351. The van der Waals surface area contributed by atoms with Crippen molar-refractivity contribution < 1.29 is 4.79 Å². The first-order valence-corrected chi connectivity index (χ1v) is 9.67. The number of hydrogen-bond donors (Lipinski definition) is 2. The molecular weight excluding hydrogens is 431 g/mol. The number of nitrogens with one attached hydrogen (secondary N) is 2. The van der Waals surface area contributed by atoms with Gasteiger partial charge in [-0.3, -0.25) is 4.79 Å². The van der Waals surface area contributed by atoms with E-state index in [1.807, 2.05) is 12.1 Å². The van der Waals surface area contributed by atoms with Gasteiger partial charge in [-0.2, -0.15) is 5.10 Å². The van der Waals surface area contributed by atoms with Gasteiger partial charge in [-0.1, -0.05) is 40.9 Å². The Labute approximate surface area is 181 Å². The van der Waals surface area contributed by atoms with Crippen LogP contribution in [0.1, 0.15) is 15.9 Å². The number of rotatable bonds is 4. The number of aromatic nitrogens is 2. The molecule has 0 saturated carbocycles. The number of imidazole rings is 1. The Morgan fingerprint density at radius 1 is 0.966 bits per heavy atom. The molecule has 1 amide bonds. The third-order valence-electron chi connectivity index (χ3n) is 4.19. The molecule has 2 N–H and O–H groups in total. The van der Waals surface area contributed by atoms with E-state index in [0.717, 1.165) is 16.6 Å². The lowest BCUT2D eigenvalue weighted by atomic mass is 10.2. The van der Waals surface area contributed by atoms with Gasteiger partial charge < -0.3 is 4.98 Å². The Balaban J connectivity index is 1.52. The zero-order valence-corrected chi connectivity index (χ0v) is 17.1. The summed E-state index contributed by atoms with van der Waals surface area (Å²) in [6, 6.07) is 17.6. The molecule has 4 aromatic rings. The number of benzene rings is 3. The normalized spacial score (nSPS) is 11.3. The van der Waals surface area contributed by atoms with E-state index in [0.29, 0.717) is 32.0 Å². The molecule has 1 aromatic heterocycles. The molecule has 1 heterocycles. The fourth-order valence-electron chi connectivity index (χ4n) is 2.73. The van der Waals surface area contributed by atoms with Crippen LogP contribution < -0.4 is 5.43 Å². The van der Waals surface area contributed by atoms with Crippen LogP contribution in [0.15, 0.2) is 65.8 Å². The fourth-order valence-corrected chi connectivity index (χ4v) is 3.31.